The van der Waals surface area contributed by atoms with Crippen molar-refractivity contribution in [1.82, 2.24) is 0 Å². The Balaban J connectivity index is 0.00000193. The van der Waals surface area contributed by atoms with Gasteiger partial charge in [-0.05, 0) is 27.7 Å². The second kappa shape index (κ2) is 10.3. The van der Waals surface area contributed by atoms with Gasteiger partial charge in [0.05, 0.1) is 0 Å². The smallest absolute Gasteiger partial charge is 1.00 e. The van der Waals surface area contributed by atoms with Crippen LogP contribution in [0.5, 0.6) is 0 Å². The molecular weight excluding hydrogens is 534 g/mol. The first-order chi connectivity index (χ1) is 14.2. The molecule has 0 aliphatic heterocycles. The van der Waals surface area contributed by atoms with E-state index < -0.39 is 0 Å². The fourth-order valence-corrected chi connectivity index (χ4v) is 4.95. The summed E-state index contributed by atoms with van der Waals surface area (Å²) in [6, 6.07) is 14.3. The zero-order chi connectivity index (χ0) is 22.9. The fraction of sp³-hybridized carbons (Fsp3) is 0.452. The Morgan fingerprint density at radius 1 is 0.765 bits per heavy atom. The second-order valence-electron chi connectivity index (χ2n) is 12.7. The molecule has 3 aromatic rings. The van der Waals surface area contributed by atoms with Crippen LogP contribution in [0.15, 0.2) is 54.1 Å². The monoisotopic (exact) mass is 571 g/mol. The molecule has 0 saturated carbocycles. The molecule has 0 fully saturated rings. The van der Waals surface area contributed by atoms with Gasteiger partial charge in [-0.2, -0.15) is 0 Å². The Kier molecular flexibility index (Phi) is 9.49. The first-order valence-corrected chi connectivity index (χ1v) is 11.8. The van der Waals surface area contributed by atoms with Gasteiger partial charge < -0.3 is 24.8 Å². The van der Waals surface area contributed by atoms with E-state index >= 15 is 0 Å². The largest absolute Gasteiger partial charge is 3.00 e. The summed E-state index contributed by atoms with van der Waals surface area (Å²) in [4.78, 5) is 0. The Bertz CT molecular complexity index is 1230. The van der Waals surface area contributed by atoms with E-state index in [0.29, 0.717) is 5.92 Å². The molecule has 0 aromatic heterocycles. The van der Waals surface area contributed by atoms with E-state index in [9.17, 15) is 0 Å². The molecule has 1 atom stereocenters. The van der Waals surface area contributed by atoms with Crippen molar-refractivity contribution >= 4 is 27.1 Å². The van der Waals surface area contributed by atoms with Gasteiger partial charge in [-0.3, -0.25) is 0 Å². The summed E-state index contributed by atoms with van der Waals surface area (Å²) in [5, 5.41) is 5.62. The van der Waals surface area contributed by atoms with E-state index in [4.69, 9.17) is 0 Å². The Labute approximate surface area is 239 Å². The van der Waals surface area contributed by atoms with E-state index in [1.54, 1.807) is 0 Å². The second-order valence-corrected chi connectivity index (χ2v) is 12.7. The van der Waals surface area contributed by atoms with Crippen LogP contribution >= 0.6 is 0 Å². The molecule has 34 heavy (non-hydrogen) atoms. The van der Waals surface area contributed by atoms with Crippen LogP contribution in [0.4, 0.5) is 0 Å². The summed E-state index contributed by atoms with van der Waals surface area (Å²) in [7, 11) is 0. The minimum atomic E-state index is 0. The van der Waals surface area contributed by atoms with E-state index in [1.165, 1.54) is 49.4 Å². The van der Waals surface area contributed by atoms with Crippen molar-refractivity contribution in [1.29, 1.82) is 0 Å². The first kappa shape index (κ1) is 31.3. The molecule has 1 unspecified atom stereocenters. The average Bonchev–Trinajstić information content (AvgIpc) is 3.19. The summed E-state index contributed by atoms with van der Waals surface area (Å²) in [6.07, 6.45) is 4.91. The molecule has 0 N–H and O–H groups in total. The van der Waals surface area contributed by atoms with Gasteiger partial charge in [-0.15, -0.1) is 33.7 Å². The molecule has 4 rings (SSSR count). The number of hydrogen-bond acceptors (Lipinski definition) is 0. The molecule has 181 valence electrons. The normalized spacial score (nSPS) is 16.5. The third-order valence-electron chi connectivity index (χ3n) is 6.95. The van der Waals surface area contributed by atoms with E-state index in [0.717, 1.165) is 0 Å². The molecule has 3 heteroatoms. The van der Waals surface area contributed by atoms with Gasteiger partial charge in [0.15, 0.2) is 0 Å². The first-order valence-electron chi connectivity index (χ1n) is 11.8. The van der Waals surface area contributed by atoms with Gasteiger partial charge in [0, 0.05) is 0 Å². The average molecular weight is 574 g/mol. The summed E-state index contributed by atoms with van der Waals surface area (Å²) < 4.78 is 0. The molecule has 0 spiro atoms. The third kappa shape index (κ3) is 5.63. The van der Waals surface area contributed by atoms with Crippen molar-refractivity contribution in [2.45, 2.75) is 80.1 Å². The molecule has 0 heterocycles. The van der Waals surface area contributed by atoms with Gasteiger partial charge >= 0.3 is 26.2 Å². The number of hydrogen-bond donors (Lipinski definition) is 0. The summed E-state index contributed by atoms with van der Waals surface area (Å²) in [5.41, 5.74) is 7.59. The molecule has 1 radical (unpaired) electrons. The summed E-state index contributed by atoms with van der Waals surface area (Å²) >= 11 is 0. The van der Waals surface area contributed by atoms with Gasteiger partial charge in [-0.25, -0.2) is 0 Å². The maximum absolute atomic E-state index is 2.46. The maximum atomic E-state index is 2.46. The molecule has 1 aliphatic rings. The van der Waals surface area contributed by atoms with Crippen LogP contribution in [0, 0.1) is 11.3 Å². The van der Waals surface area contributed by atoms with Crippen LogP contribution in [-0.4, -0.2) is 0 Å². The minimum absolute atomic E-state index is 0. The van der Waals surface area contributed by atoms with Crippen molar-refractivity contribution in [3.63, 3.8) is 0 Å². The third-order valence-corrected chi connectivity index (χ3v) is 6.95. The number of rotatable bonds is 1. The van der Waals surface area contributed by atoms with Crippen molar-refractivity contribution in [2.24, 2.45) is 11.3 Å². The van der Waals surface area contributed by atoms with Gasteiger partial charge in [0.25, 0.3) is 0 Å². The zero-order valence-corrected chi connectivity index (χ0v) is 26.4. The van der Waals surface area contributed by atoms with E-state index in [-0.39, 0.29) is 67.3 Å². The molecule has 0 amide bonds. The molecule has 1 aliphatic carbocycles. The Morgan fingerprint density at radius 3 is 1.88 bits per heavy atom. The van der Waals surface area contributed by atoms with Crippen LogP contribution in [-0.2, 0) is 37.0 Å². The fourth-order valence-electron chi connectivity index (χ4n) is 4.95. The SMILES string of the molecule is CC1C=C(C(C)(C)C)C=C1c1ccc(C(C)(C)C)c2c1[cH-]c1ccc(C(C)(C)C)cc12.[Cl-].[Cl-].[Zr+3]. The van der Waals surface area contributed by atoms with E-state index in [2.05, 4.69) is 118 Å². The minimum Gasteiger partial charge on any atom is -1.00 e. The summed E-state index contributed by atoms with van der Waals surface area (Å²) in [6.45, 7) is 23.2. The Morgan fingerprint density at radius 2 is 1.38 bits per heavy atom. The predicted octanol–water partition coefficient (Wildman–Crippen LogP) is 3.32. The molecular formula is C31H39Cl2Zr. The molecule has 0 saturated heterocycles. The molecule has 0 bridgehead atoms. The standard InChI is InChI=1S/C31H39.2ClH.Zr/c1-19-15-22(30(5,6)7)18-24(19)23-13-14-27(31(8,9)10)28-25-17-21(29(2,3)4)12-11-20(25)16-26(23)28;;;/h11-19H,1-10H3;2*1H;/q-1;;;+3/p-2. The predicted molar refractivity (Wildman–Crippen MR) is 139 cm³/mol. The summed E-state index contributed by atoms with van der Waals surface area (Å²) in [5.74, 6) is 0.445. The van der Waals surface area contributed by atoms with Crippen LogP contribution < -0.4 is 24.8 Å². The van der Waals surface area contributed by atoms with E-state index in [1.807, 2.05) is 0 Å². The molecule has 3 aromatic carbocycles. The van der Waals surface area contributed by atoms with Gasteiger partial charge in [0.1, 0.15) is 0 Å². The van der Waals surface area contributed by atoms with Gasteiger partial charge in [-0.1, -0.05) is 128 Å². The van der Waals surface area contributed by atoms with Gasteiger partial charge in [0.2, 0.25) is 0 Å². The van der Waals surface area contributed by atoms with Crippen LogP contribution in [0.2, 0.25) is 0 Å². The Hall–Kier alpha value is -0.747. The van der Waals surface area contributed by atoms with Crippen LogP contribution in [0.3, 0.4) is 0 Å². The molecule has 0 nitrogen and oxygen atoms in total. The van der Waals surface area contributed by atoms with Crippen LogP contribution in [0.1, 0.15) is 85.9 Å². The number of halogens is 2. The van der Waals surface area contributed by atoms with Crippen LogP contribution in [0.25, 0.3) is 27.1 Å². The quantitative estimate of drug-likeness (QED) is 0.392. The van der Waals surface area contributed by atoms with Crippen molar-refractivity contribution in [3.05, 3.63) is 70.8 Å². The number of allylic oxidation sites excluding steroid dienone is 4. The van der Waals surface area contributed by atoms with Crippen molar-refractivity contribution < 1.29 is 51.0 Å². The number of benzene rings is 2. The van der Waals surface area contributed by atoms with Crippen molar-refractivity contribution in [3.8, 4) is 0 Å². The zero-order valence-electron chi connectivity index (χ0n) is 22.5. The number of fused-ring (bicyclic) bond motifs is 3. The maximum Gasteiger partial charge on any atom is 3.00 e. The van der Waals surface area contributed by atoms with Crippen molar-refractivity contribution in [2.75, 3.05) is 0 Å². The topological polar surface area (TPSA) is 0 Å².